The third-order valence-corrected chi connectivity index (χ3v) is 5.06. The average molecular weight is 326 g/mol. The maximum atomic E-state index is 9.84. The van der Waals surface area contributed by atoms with Crippen molar-refractivity contribution < 1.29 is 13.9 Å². The zero-order valence-corrected chi connectivity index (χ0v) is 15.2. The average Bonchev–Trinajstić information content (AvgIpc) is 2.24. The summed E-state index contributed by atoms with van der Waals surface area (Å²) in [7, 11) is 6.46. The van der Waals surface area contributed by atoms with E-state index in [4.69, 9.17) is 16.3 Å². The molecule has 6 heteroatoms. The van der Waals surface area contributed by atoms with Crippen molar-refractivity contribution in [2.75, 3.05) is 27.7 Å². The topological polar surface area (TPSA) is 29.5 Å². The van der Waals surface area contributed by atoms with E-state index in [1.54, 1.807) is 0 Å². The number of nitrogens with zero attached hydrogens (tertiary/aromatic N) is 1. The molecule has 1 rings (SSSR count). The van der Waals surface area contributed by atoms with Gasteiger partial charge < -0.3 is 13.9 Å². The number of likely N-dealkylation sites (N-methyl/N-ethyl adjacent to an activating group) is 1. The molecule has 0 aromatic rings. The summed E-state index contributed by atoms with van der Waals surface area (Å²) in [6.07, 6.45) is 6.26. The molecule has 0 aliphatic heterocycles. The molecule has 1 saturated carbocycles. The molecule has 114 valence electrons. The minimum Gasteiger partial charge on any atom is -0.338 e. The first-order valence-corrected chi connectivity index (χ1v) is 11.0. The monoisotopic (exact) mass is 326 g/mol. The number of rotatable bonds is 6. The Morgan fingerprint density at radius 2 is 1.95 bits per heavy atom. The molecule has 0 spiro atoms. The Balaban J connectivity index is 2.84. The van der Waals surface area contributed by atoms with E-state index < -0.39 is 5.69 Å². The number of quaternary nitrogens is 1. The van der Waals surface area contributed by atoms with E-state index >= 15 is 0 Å². The lowest BCUT2D eigenvalue weighted by Crippen LogP contribution is -2.46. The predicted octanol–water partition coefficient (Wildman–Crippen LogP) is 3.44. The largest absolute Gasteiger partial charge is 0.338 e. The second kappa shape index (κ2) is 7.24. The molecule has 19 heavy (non-hydrogen) atoms. The van der Waals surface area contributed by atoms with Crippen molar-refractivity contribution in [2.24, 2.45) is 11.8 Å². The van der Waals surface area contributed by atoms with Crippen LogP contribution in [0.2, 0.25) is 0 Å². The summed E-state index contributed by atoms with van der Waals surface area (Å²) in [6.45, 7) is 3.13. The zero-order chi connectivity index (χ0) is 14.7. The van der Waals surface area contributed by atoms with Crippen molar-refractivity contribution in [3.05, 3.63) is 0 Å². The standard InChI is InChI=1S/C13H28NO2PS2/c1-5-11-8-6-7-9-12(11)13(10-14(2,3)4)16-17(15,18)19/h11-13H,5-10H2,1-4H3,(H-,15,18,19)/p+1. The van der Waals surface area contributed by atoms with Crippen LogP contribution in [0.15, 0.2) is 0 Å². The molecule has 0 aromatic carbocycles. The summed E-state index contributed by atoms with van der Waals surface area (Å²) >= 11 is 9.07. The van der Waals surface area contributed by atoms with Crippen LogP contribution in [-0.2, 0) is 16.3 Å². The molecule has 1 aliphatic rings. The van der Waals surface area contributed by atoms with E-state index in [0.717, 1.165) is 11.0 Å². The third-order valence-electron chi connectivity index (χ3n) is 3.97. The summed E-state index contributed by atoms with van der Waals surface area (Å²) < 4.78 is 6.64. The van der Waals surface area contributed by atoms with Crippen molar-refractivity contribution in [3.63, 3.8) is 0 Å². The number of thiol groups is 1. The molecule has 1 fully saturated rings. The maximum Gasteiger partial charge on any atom is 0.242 e. The van der Waals surface area contributed by atoms with E-state index in [1.807, 2.05) is 0 Å². The molecule has 1 N–H and O–H groups in total. The summed E-state index contributed by atoms with van der Waals surface area (Å²) in [5, 5.41) is 0. The number of hydrogen-bond donors (Lipinski definition) is 2. The van der Waals surface area contributed by atoms with E-state index in [1.165, 1.54) is 32.1 Å². The van der Waals surface area contributed by atoms with Crippen LogP contribution in [0.1, 0.15) is 39.0 Å². The van der Waals surface area contributed by atoms with Crippen LogP contribution in [0.25, 0.3) is 0 Å². The summed E-state index contributed by atoms with van der Waals surface area (Å²) in [5.41, 5.74) is -2.89. The highest BCUT2D eigenvalue weighted by Gasteiger charge is 2.36. The molecule has 0 aromatic heterocycles. The van der Waals surface area contributed by atoms with Gasteiger partial charge in [0.1, 0.15) is 12.6 Å². The van der Waals surface area contributed by atoms with Crippen molar-refractivity contribution in [3.8, 4) is 0 Å². The van der Waals surface area contributed by atoms with E-state index in [-0.39, 0.29) is 6.10 Å². The van der Waals surface area contributed by atoms with Crippen molar-refractivity contribution in [1.82, 2.24) is 0 Å². The molecule has 0 amide bonds. The molecule has 0 heterocycles. The predicted molar refractivity (Wildman–Crippen MR) is 89.0 cm³/mol. The van der Waals surface area contributed by atoms with Gasteiger partial charge >= 0.3 is 0 Å². The minimum absolute atomic E-state index is 0.0265. The smallest absolute Gasteiger partial charge is 0.242 e. The molecule has 0 saturated heterocycles. The van der Waals surface area contributed by atoms with Gasteiger partial charge in [0.25, 0.3) is 0 Å². The van der Waals surface area contributed by atoms with Gasteiger partial charge in [-0.3, -0.25) is 0 Å². The molecule has 4 atom stereocenters. The Bertz CT molecular complexity index is 327. The summed E-state index contributed by atoms with van der Waals surface area (Å²) in [5.74, 6) is 1.21. The van der Waals surface area contributed by atoms with Crippen LogP contribution >= 0.6 is 17.9 Å². The second-order valence-electron chi connectivity index (χ2n) is 6.72. The van der Waals surface area contributed by atoms with Gasteiger partial charge in [0.2, 0.25) is 5.69 Å². The zero-order valence-electron chi connectivity index (χ0n) is 12.6. The first-order valence-electron chi connectivity index (χ1n) is 7.17. The van der Waals surface area contributed by atoms with Crippen LogP contribution in [0, 0.1) is 11.8 Å². The highest BCUT2D eigenvalue weighted by molar-refractivity contribution is 8.59. The first-order chi connectivity index (χ1) is 8.62. The fourth-order valence-corrected chi connectivity index (χ4v) is 4.47. The molecule has 1 aliphatic carbocycles. The van der Waals surface area contributed by atoms with Gasteiger partial charge in [-0.05, 0) is 30.1 Å². The molecule has 0 bridgehead atoms. The molecule has 0 radical (unpaired) electrons. The Labute approximate surface area is 128 Å². The van der Waals surface area contributed by atoms with Gasteiger partial charge in [-0.15, -0.1) is 0 Å². The van der Waals surface area contributed by atoms with Crippen LogP contribution in [0.3, 0.4) is 0 Å². The van der Waals surface area contributed by atoms with Crippen LogP contribution < -0.4 is 0 Å². The lowest BCUT2D eigenvalue weighted by atomic mass is 9.75. The van der Waals surface area contributed by atoms with Gasteiger partial charge in [0.15, 0.2) is 0 Å². The maximum absolute atomic E-state index is 9.84. The van der Waals surface area contributed by atoms with Crippen LogP contribution in [0.5, 0.6) is 0 Å². The third kappa shape index (κ3) is 6.92. The fourth-order valence-electron chi connectivity index (χ4n) is 3.20. The first kappa shape index (κ1) is 17.9. The quantitative estimate of drug-likeness (QED) is 0.445. The normalized spacial score (nSPS) is 29.8. The lowest BCUT2D eigenvalue weighted by Gasteiger charge is -2.40. The molecular formula is C13H29NO2PS2+. The van der Waals surface area contributed by atoms with E-state index in [2.05, 4.69) is 40.3 Å². The summed E-state index contributed by atoms with van der Waals surface area (Å²) in [6, 6.07) is 0. The van der Waals surface area contributed by atoms with Crippen molar-refractivity contribution >= 4 is 29.7 Å². The molecule has 4 unspecified atom stereocenters. The van der Waals surface area contributed by atoms with Gasteiger partial charge in [0.05, 0.1) is 21.1 Å². The van der Waals surface area contributed by atoms with Gasteiger partial charge in [-0.2, -0.15) is 0 Å². The Morgan fingerprint density at radius 3 is 2.42 bits per heavy atom. The Kier molecular flexibility index (Phi) is 6.83. The van der Waals surface area contributed by atoms with Crippen molar-refractivity contribution in [1.29, 1.82) is 0 Å². The summed E-state index contributed by atoms with van der Waals surface area (Å²) in [4.78, 5) is 9.84. The molecule has 3 nitrogen and oxygen atoms in total. The lowest BCUT2D eigenvalue weighted by molar-refractivity contribution is -0.873. The Morgan fingerprint density at radius 1 is 1.37 bits per heavy atom. The molecular weight excluding hydrogens is 297 g/mol. The van der Waals surface area contributed by atoms with Crippen molar-refractivity contribution in [2.45, 2.75) is 45.1 Å². The SMILES string of the molecule is CCC1CCCCC1C(C[N+](C)(C)C)OP(O)(=S)S. The van der Waals surface area contributed by atoms with Gasteiger partial charge in [0, 0.05) is 0 Å². The van der Waals surface area contributed by atoms with Crippen LogP contribution in [-0.4, -0.2) is 43.2 Å². The Hall–Kier alpha value is 0.880. The van der Waals surface area contributed by atoms with Crippen LogP contribution in [0.4, 0.5) is 0 Å². The van der Waals surface area contributed by atoms with E-state index in [9.17, 15) is 4.89 Å². The highest BCUT2D eigenvalue weighted by Crippen LogP contribution is 2.51. The minimum atomic E-state index is -2.89. The highest BCUT2D eigenvalue weighted by atomic mass is 32.9. The fraction of sp³-hybridized carbons (Fsp3) is 1.00. The number of hydrogen-bond acceptors (Lipinski definition) is 2. The second-order valence-corrected chi connectivity index (χ2v) is 11.8. The van der Waals surface area contributed by atoms with Gasteiger partial charge in [-0.1, -0.05) is 44.9 Å². The van der Waals surface area contributed by atoms with E-state index in [0.29, 0.717) is 11.8 Å². The van der Waals surface area contributed by atoms with Gasteiger partial charge in [-0.25, -0.2) is 0 Å².